The summed E-state index contributed by atoms with van der Waals surface area (Å²) in [6.07, 6.45) is 0. The minimum absolute atomic E-state index is 0.885. The summed E-state index contributed by atoms with van der Waals surface area (Å²) in [5, 5.41) is 9.15. The van der Waals surface area contributed by atoms with Crippen LogP contribution in [0.3, 0.4) is 0 Å². The van der Waals surface area contributed by atoms with Gasteiger partial charge in [-0.05, 0) is 97.4 Å². The lowest BCUT2D eigenvalue weighted by molar-refractivity contribution is 0.668. The van der Waals surface area contributed by atoms with Gasteiger partial charge in [0.05, 0.1) is 0 Å². The second-order valence-corrected chi connectivity index (χ2v) is 12.9. The molecular formula is C48H30O2. The predicted octanol–water partition coefficient (Wildman–Crippen LogP) is 13.9. The molecule has 0 saturated carbocycles. The van der Waals surface area contributed by atoms with Crippen molar-refractivity contribution in [2.24, 2.45) is 0 Å². The second-order valence-electron chi connectivity index (χ2n) is 12.9. The first-order valence-electron chi connectivity index (χ1n) is 17.0. The average molecular weight is 639 g/mol. The smallest absolute Gasteiger partial charge is 0.136 e. The van der Waals surface area contributed by atoms with Crippen LogP contribution in [0.5, 0.6) is 0 Å². The molecule has 0 bridgehead atoms. The van der Waals surface area contributed by atoms with Crippen LogP contribution >= 0.6 is 0 Å². The summed E-state index contributed by atoms with van der Waals surface area (Å²) in [5.74, 6) is 0. The molecule has 0 aliphatic carbocycles. The highest BCUT2D eigenvalue weighted by Gasteiger charge is 2.14. The third-order valence-corrected chi connectivity index (χ3v) is 9.90. The molecule has 0 fully saturated rings. The van der Waals surface area contributed by atoms with E-state index in [0.29, 0.717) is 0 Å². The van der Waals surface area contributed by atoms with E-state index in [4.69, 9.17) is 8.83 Å². The molecule has 0 unspecified atom stereocenters. The fourth-order valence-electron chi connectivity index (χ4n) is 7.45. The molecule has 0 amide bonds. The van der Waals surface area contributed by atoms with Gasteiger partial charge in [0.1, 0.15) is 22.3 Å². The van der Waals surface area contributed by atoms with Crippen LogP contribution in [0.4, 0.5) is 0 Å². The van der Waals surface area contributed by atoms with E-state index in [-0.39, 0.29) is 0 Å². The van der Waals surface area contributed by atoms with Gasteiger partial charge in [0.15, 0.2) is 0 Å². The van der Waals surface area contributed by atoms with Crippen molar-refractivity contribution < 1.29 is 8.83 Å². The number of rotatable bonds is 3. The zero-order valence-electron chi connectivity index (χ0n) is 27.1. The molecule has 50 heavy (non-hydrogen) atoms. The summed E-state index contributed by atoms with van der Waals surface area (Å²) in [6, 6.07) is 64.6. The molecule has 2 heterocycles. The monoisotopic (exact) mass is 638 g/mol. The quantitative estimate of drug-likeness (QED) is 0.192. The van der Waals surface area contributed by atoms with Crippen molar-refractivity contribution in [1.82, 2.24) is 0 Å². The topological polar surface area (TPSA) is 26.3 Å². The first-order valence-corrected chi connectivity index (χ1v) is 17.0. The van der Waals surface area contributed by atoms with E-state index in [1.54, 1.807) is 0 Å². The van der Waals surface area contributed by atoms with Crippen molar-refractivity contribution in [3.8, 4) is 33.4 Å². The molecule has 0 N–H and O–H groups in total. The van der Waals surface area contributed by atoms with E-state index in [1.807, 2.05) is 12.1 Å². The number of para-hydroxylation sites is 1. The maximum atomic E-state index is 6.40. The number of hydrogen-bond donors (Lipinski definition) is 0. The van der Waals surface area contributed by atoms with Crippen LogP contribution in [0.15, 0.2) is 191 Å². The van der Waals surface area contributed by atoms with E-state index in [0.717, 1.165) is 65.8 Å². The first-order chi connectivity index (χ1) is 24.8. The van der Waals surface area contributed by atoms with Crippen LogP contribution in [-0.2, 0) is 0 Å². The van der Waals surface area contributed by atoms with Gasteiger partial charge < -0.3 is 8.83 Å². The Labute approximate surface area is 288 Å². The fourth-order valence-corrected chi connectivity index (χ4v) is 7.45. The highest BCUT2D eigenvalue weighted by Crippen LogP contribution is 2.39. The Morgan fingerprint density at radius 2 is 0.680 bits per heavy atom. The number of fused-ring (bicyclic) bond motifs is 8. The number of furan rings is 2. The minimum Gasteiger partial charge on any atom is -0.456 e. The van der Waals surface area contributed by atoms with E-state index >= 15 is 0 Å². The summed E-state index contributed by atoms with van der Waals surface area (Å²) in [4.78, 5) is 0. The van der Waals surface area contributed by atoms with E-state index in [9.17, 15) is 0 Å². The van der Waals surface area contributed by atoms with Gasteiger partial charge in [-0.2, -0.15) is 0 Å². The average Bonchev–Trinajstić information content (AvgIpc) is 3.71. The number of hydrogen-bond acceptors (Lipinski definition) is 2. The van der Waals surface area contributed by atoms with Gasteiger partial charge in [-0.3, -0.25) is 0 Å². The normalized spacial score (nSPS) is 11.6. The zero-order valence-corrected chi connectivity index (χ0v) is 27.1. The SMILES string of the molecule is c1ccc(-c2ccccccc(-c3ccc(-c4ccc5oc6cc7cc8c(cc7cc6c5c4)oc4ccccc48)cc3)c3ccccc23)cc1. The summed E-state index contributed by atoms with van der Waals surface area (Å²) in [6.45, 7) is 0. The molecule has 8 aromatic carbocycles. The highest BCUT2D eigenvalue weighted by molar-refractivity contribution is 6.15. The molecular weight excluding hydrogens is 609 g/mol. The molecule has 0 atom stereocenters. The molecule has 0 aliphatic heterocycles. The molecule has 0 saturated heterocycles. The Kier molecular flexibility index (Phi) is 6.53. The Balaban J connectivity index is 1.08. The van der Waals surface area contributed by atoms with Gasteiger partial charge in [0.25, 0.3) is 0 Å². The zero-order chi connectivity index (χ0) is 33.0. The maximum Gasteiger partial charge on any atom is 0.136 e. The van der Waals surface area contributed by atoms with Crippen molar-refractivity contribution in [3.63, 3.8) is 0 Å². The van der Waals surface area contributed by atoms with E-state index < -0.39 is 0 Å². The van der Waals surface area contributed by atoms with Gasteiger partial charge >= 0.3 is 0 Å². The lowest BCUT2D eigenvalue weighted by Crippen LogP contribution is -1.84. The van der Waals surface area contributed by atoms with Crippen LogP contribution in [0.25, 0.3) is 98.8 Å². The molecule has 2 heteroatoms. The van der Waals surface area contributed by atoms with Crippen LogP contribution < -0.4 is 0 Å². The lowest BCUT2D eigenvalue weighted by Gasteiger charge is -2.10. The second kappa shape index (κ2) is 11.5. The van der Waals surface area contributed by atoms with Crippen molar-refractivity contribution in [2.75, 3.05) is 0 Å². The molecule has 2 aromatic heterocycles. The Hall–Kier alpha value is -6.64. The molecule has 2 nitrogen and oxygen atoms in total. The third kappa shape index (κ3) is 4.73. The Bertz CT molecular complexity index is 2960. The van der Waals surface area contributed by atoms with Crippen molar-refractivity contribution in [2.45, 2.75) is 0 Å². The molecule has 234 valence electrons. The summed E-state index contributed by atoms with van der Waals surface area (Å²) < 4.78 is 12.6. The Morgan fingerprint density at radius 3 is 1.34 bits per heavy atom. The van der Waals surface area contributed by atoms with Crippen LogP contribution in [0.2, 0.25) is 0 Å². The van der Waals surface area contributed by atoms with Crippen LogP contribution in [0, 0.1) is 0 Å². The van der Waals surface area contributed by atoms with Gasteiger partial charge in [0, 0.05) is 21.5 Å². The van der Waals surface area contributed by atoms with Gasteiger partial charge in [-0.15, -0.1) is 0 Å². The van der Waals surface area contributed by atoms with E-state index in [2.05, 4.69) is 170 Å². The predicted molar refractivity (Wildman–Crippen MR) is 210 cm³/mol. The summed E-state index contributed by atoms with van der Waals surface area (Å²) in [5.41, 5.74) is 10.6. The van der Waals surface area contributed by atoms with Crippen molar-refractivity contribution in [3.05, 3.63) is 182 Å². The number of benzene rings is 7. The molecule has 10 aromatic rings. The molecule has 10 rings (SSSR count). The maximum absolute atomic E-state index is 6.40. The summed E-state index contributed by atoms with van der Waals surface area (Å²) in [7, 11) is 0. The standard InChI is InChI=1S/C48H30O2/c1-2-7-15-38(40-17-9-8-16-39(40)37(14-6-1)32-12-4-3-5-13-32)33-22-20-31(21-23-33)34-24-25-46-43(26-34)44-28-36-29-47-42(27-35(36)30-48(44)50-46)41-18-10-11-19-45(41)49-47/h1-30H. The third-order valence-electron chi connectivity index (χ3n) is 9.90. The molecule has 0 aliphatic rings. The van der Waals surface area contributed by atoms with Gasteiger partial charge in [-0.1, -0.05) is 140 Å². The van der Waals surface area contributed by atoms with Crippen molar-refractivity contribution >= 4 is 65.4 Å². The van der Waals surface area contributed by atoms with E-state index in [1.165, 1.54) is 33.0 Å². The summed E-state index contributed by atoms with van der Waals surface area (Å²) >= 11 is 0. The van der Waals surface area contributed by atoms with Crippen molar-refractivity contribution in [1.29, 1.82) is 0 Å². The lowest BCUT2D eigenvalue weighted by atomic mass is 9.94. The van der Waals surface area contributed by atoms with Gasteiger partial charge in [0.2, 0.25) is 0 Å². The highest BCUT2D eigenvalue weighted by atomic mass is 16.3. The largest absolute Gasteiger partial charge is 0.456 e. The fraction of sp³-hybridized carbons (Fsp3) is 0. The van der Waals surface area contributed by atoms with Gasteiger partial charge in [-0.25, -0.2) is 0 Å². The molecule has 0 spiro atoms. The first kappa shape index (κ1) is 28.4. The van der Waals surface area contributed by atoms with Crippen LogP contribution in [0.1, 0.15) is 0 Å². The Morgan fingerprint density at radius 1 is 0.240 bits per heavy atom. The molecule has 0 radical (unpaired) electrons. The minimum atomic E-state index is 0.885. The van der Waals surface area contributed by atoms with Crippen LogP contribution in [-0.4, -0.2) is 0 Å².